The number of carbonyl (C=O) groups excluding carboxylic acids is 1. The number of hydrogen-bond acceptors (Lipinski definition) is 5. The fraction of sp³-hybridized carbons (Fsp3) is 0.650. The number of carbonyl (C=O) groups is 1. The van der Waals surface area contributed by atoms with E-state index in [1.807, 2.05) is 57.7 Å². The van der Waals surface area contributed by atoms with E-state index in [-0.39, 0.29) is 18.2 Å². The number of rotatable bonds is 4. The Bertz CT molecular complexity index is 625. The van der Waals surface area contributed by atoms with Crippen molar-refractivity contribution in [3.63, 3.8) is 0 Å². The number of benzene rings is 1. The number of nitrogens with two attached hydrogens (primary N) is 1. The van der Waals surface area contributed by atoms with Gasteiger partial charge in [-0.25, -0.2) is 4.79 Å². The highest BCUT2D eigenvalue weighted by atomic mass is 16.6. The molecule has 0 radical (unpaired) electrons. The van der Waals surface area contributed by atoms with E-state index in [1.165, 1.54) is 0 Å². The molecule has 1 aromatic rings. The largest absolute Gasteiger partial charge is 0.491 e. The monoisotopic (exact) mass is 363 g/mol. The second-order valence-corrected chi connectivity index (χ2v) is 8.29. The fourth-order valence-electron chi connectivity index (χ4n) is 3.10. The van der Waals surface area contributed by atoms with Gasteiger partial charge in [-0.3, -0.25) is 4.90 Å². The van der Waals surface area contributed by atoms with Gasteiger partial charge in [-0.15, -0.1) is 0 Å². The number of nitrogens with zero attached hydrogens (tertiary/aromatic N) is 2. The summed E-state index contributed by atoms with van der Waals surface area (Å²) in [6.45, 7) is 14.7. The Kier molecular flexibility index (Phi) is 6.39. The molecule has 0 saturated carbocycles. The molecule has 0 aliphatic carbocycles. The van der Waals surface area contributed by atoms with Crippen LogP contribution in [0, 0.1) is 0 Å². The van der Waals surface area contributed by atoms with Gasteiger partial charge < -0.3 is 20.1 Å². The van der Waals surface area contributed by atoms with Crippen LogP contribution in [0.15, 0.2) is 18.2 Å². The molecule has 146 valence electrons. The minimum Gasteiger partial charge on any atom is -0.491 e. The van der Waals surface area contributed by atoms with Gasteiger partial charge in [0.2, 0.25) is 0 Å². The van der Waals surface area contributed by atoms with Gasteiger partial charge in [0.1, 0.15) is 11.4 Å². The maximum atomic E-state index is 12.4. The van der Waals surface area contributed by atoms with Crippen molar-refractivity contribution < 1.29 is 14.3 Å². The number of piperazine rings is 1. The molecular weight excluding hydrogens is 330 g/mol. The third-order valence-electron chi connectivity index (χ3n) is 4.18. The molecule has 1 fully saturated rings. The number of amides is 1. The molecule has 1 aliphatic rings. The van der Waals surface area contributed by atoms with Crippen molar-refractivity contribution in [2.75, 3.05) is 25.4 Å². The summed E-state index contributed by atoms with van der Waals surface area (Å²) in [5.74, 6) is 0.872. The molecule has 0 spiro atoms. The number of hydrogen-bond donors (Lipinski definition) is 1. The highest BCUT2D eigenvalue weighted by Crippen LogP contribution is 2.25. The van der Waals surface area contributed by atoms with Crippen LogP contribution in [0.3, 0.4) is 0 Å². The summed E-state index contributed by atoms with van der Waals surface area (Å²) in [7, 11) is 0. The zero-order chi connectivity index (χ0) is 19.5. The molecule has 1 heterocycles. The smallest absolute Gasteiger partial charge is 0.410 e. The fourth-order valence-corrected chi connectivity index (χ4v) is 3.10. The van der Waals surface area contributed by atoms with Crippen LogP contribution < -0.4 is 10.5 Å². The summed E-state index contributed by atoms with van der Waals surface area (Å²) in [6, 6.07) is 5.87. The lowest BCUT2D eigenvalue weighted by Crippen LogP contribution is -2.54. The van der Waals surface area contributed by atoms with E-state index in [2.05, 4.69) is 11.8 Å². The number of anilines is 1. The van der Waals surface area contributed by atoms with Gasteiger partial charge in [0, 0.05) is 43.5 Å². The predicted molar refractivity (Wildman–Crippen MR) is 104 cm³/mol. The van der Waals surface area contributed by atoms with Crippen molar-refractivity contribution in [3.05, 3.63) is 23.8 Å². The lowest BCUT2D eigenvalue weighted by molar-refractivity contribution is 0.000431. The molecule has 0 aromatic heterocycles. The Labute approximate surface area is 157 Å². The Balaban J connectivity index is 2.01. The minimum atomic E-state index is -0.474. The van der Waals surface area contributed by atoms with E-state index in [0.717, 1.165) is 36.6 Å². The summed E-state index contributed by atoms with van der Waals surface area (Å²) < 4.78 is 11.4. The van der Waals surface area contributed by atoms with Gasteiger partial charge in [-0.2, -0.15) is 0 Å². The average Bonchev–Trinajstić information content (AvgIpc) is 2.48. The molecule has 1 aromatic carbocycles. The number of ether oxygens (including phenoxy) is 2. The topological polar surface area (TPSA) is 68.0 Å². The highest BCUT2D eigenvalue weighted by Gasteiger charge is 2.31. The van der Waals surface area contributed by atoms with E-state index in [0.29, 0.717) is 6.54 Å². The van der Waals surface area contributed by atoms with Gasteiger partial charge in [0.15, 0.2) is 0 Å². The van der Waals surface area contributed by atoms with E-state index in [9.17, 15) is 4.79 Å². The van der Waals surface area contributed by atoms with Crippen molar-refractivity contribution in [3.8, 4) is 5.75 Å². The molecule has 1 amide bonds. The van der Waals surface area contributed by atoms with Gasteiger partial charge in [0.05, 0.1) is 6.10 Å². The van der Waals surface area contributed by atoms with Crippen LogP contribution in [0.4, 0.5) is 10.5 Å². The Hall–Kier alpha value is -1.95. The predicted octanol–water partition coefficient (Wildman–Crippen LogP) is 3.50. The molecule has 2 rings (SSSR count). The van der Waals surface area contributed by atoms with Crippen molar-refractivity contribution >= 4 is 11.8 Å². The number of nitrogen functional groups attached to an aromatic ring is 1. The Morgan fingerprint density at radius 1 is 1.31 bits per heavy atom. The standard InChI is InChI=1S/C20H33N3O3/c1-14(2)25-18-8-7-17(21)11-16(18)13-22-9-10-23(15(3)12-22)19(24)26-20(4,5)6/h7-8,11,14-15H,9-10,12-13,21H2,1-6H3/t15-/m0/s1. The Morgan fingerprint density at radius 2 is 2.00 bits per heavy atom. The summed E-state index contributed by atoms with van der Waals surface area (Å²) >= 11 is 0. The maximum absolute atomic E-state index is 12.4. The first kappa shape index (κ1) is 20.4. The summed E-state index contributed by atoms with van der Waals surface area (Å²) in [6.07, 6.45) is -0.127. The Morgan fingerprint density at radius 3 is 2.58 bits per heavy atom. The van der Waals surface area contributed by atoms with Crippen molar-refractivity contribution in [2.45, 2.75) is 65.8 Å². The van der Waals surface area contributed by atoms with Crippen molar-refractivity contribution in [1.82, 2.24) is 9.80 Å². The summed E-state index contributed by atoms with van der Waals surface area (Å²) in [5, 5.41) is 0. The van der Waals surface area contributed by atoms with Crippen molar-refractivity contribution in [1.29, 1.82) is 0 Å². The van der Waals surface area contributed by atoms with E-state index in [1.54, 1.807) is 0 Å². The van der Waals surface area contributed by atoms with E-state index >= 15 is 0 Å². The first-order chi connectivity index (χ1) is 12.0. The lowest BCUT2D eigenvalue weighted by atomic mass is 10.1. The summed E-state index contributed by atoms with van der Waals surface area (Å²) in [5.41, 5.74) is 7.31. The van der Waals surface area contributed by atoms with Gasteiger partial charge in [-0.1, -0.05) is 0 Å². The molecule has 1 aliphatic heterocycles. The second kappa shape index (κ2) is 8.16. The molecule has 6 heteroatoms. The average molecular weight is 364 g/mol. The first-order valence-electron chi connectivity index (χ1n) is 9.32. The maximum Gasteiger partial charge on any atom is 0.410 e. The SMILES string of the molecule is CC(C)Oc1ccc(N)cc1CN1CCN(C(=O)OC(C)(C)C)[C@@H](C)C1. The third-order valence-corrected chi connectivity index (χ3v) is 4.18. The van der Waals surface area contributed by atoms with Crippen LogP contribution in [-0.2, 0) is 11.3 Å². The molecule has 2 N–H and O–H groups in total. The van der Waals surface area contributed by atoms with Gasteiger partial charge in [0.25, 0.3) is 0 Å². The van der Waals surface area contributed by atoms with Crippen molar-refractivity contribution in [2.24, 2.45) is 0 Å². The molecule has 1 atom stereocenters. The highest BCUT2D eigenvalue weighted by molar-refractivity contribution is 5.68. The van der Waals surface area contributed by atoms with Crippen LogP contribution in [0.1, 0.15) is 47.1 Å². The van der Waals surface area contributed by atoms with Crippen LogP contribution in [-0.4, -0.2) is 53.3 Å². The normalized spacial score (nSPS) is 18.9. The first-order valence-corrected chi connectivity index (χ1v) is 9.32. The van der Waals surface area contributed by atoms with Crippen LogP contribution in [0.2, 0.25) is 0 Å². The van der Waals surface area contributed by atoms with Crippen LogP contribution in [0.25, 0.3) is 0 Å². The van der Waals surface area contributed by atoms with E-state index < -0.39 is 5.60 Å². The van der Waals surface area contributed by atoms with Crippen LogP contribution >= 0.6 is 0 Å². The molecule has 0 unspecified atom stereocenters. The zero-order valence-electron chi connectivity index (χ0n) is 16.9. The van der Waals surface area contributed by atoms with E-state index in [4.69, 9.17) is 15.2 Å². The third kappa shape index (κ3) is 5.80. The van der Waals surface area contributed by atoms with Crippen LogP contribution in [0.5, 0.6) is 5.75 Å². The van der Waals surface area contributed by atoms with Gasteiger partial charge >= 0.3 is 6.09 Å². The minimum absolute atomic E-state index is 0.0918. The second-order valence-electron chi connectivity index (χ2n) is 8.29. The molecular formula is C20H33N3O3. The molecule has 1 saturated heterocycles. The summed E-state index contributed by atoms with van der Waals surface area (Å²) in [4.78, 5) is 16.5. The molecule has 0 bridgehead atoms. The molecule has 6 nitrogen and oxygen atoms in total. The van der Waals surface area contributed by atoms with Gasteiger partial charge in [-0.05, 0) is 59.7 Å². The molecule has 26 heavy (non-hydrogen) atoms. The quantitative estimate of drug-likeness (QED) is 0.829. The zero-order valence-corrected chi connectivity index (χ0v) is 16.9. The lowest BCUT2D eigenvalue weighted by Gasteiger charge is -2.40.